The zero-order chi connectivity index (χ0) is 22.3. The van der Waals surface area contributed by atoms with Gasteiger partial charge >= 0.3 is 11.7 Å². The van der Waals surface area contributed by atoms with E-state index < -0.39 is 29.3 Å². The predicted molar refractivity (Wildman–Crippen MR) is 119 cm³/mol. The van der Waals surface area contributed by atoms with Crippen LogP contribution in [0.1, 0.15) is 49.9 Å². The summed E-state index contributed by atoms with van der Waals surface area (Å²) in [5, 5.41) is 10.3. The van der Waals surface area contributed by atoms with Crippen LogP contribution < -0.4 is 11.2 Å². The number of nitrogens with one attached hydrogen (secondary N) is 1. The number of rotatable bonds is 6. The molecule has 1 aromatic carbocycles. The van der Waals surface area contributed by atoms with Crippen LogP contribution in [0, 0.1) is 6.92 Å². The molecule has 0 spiro atoms. The number of carbonyl (C=O) groups is 1. The van der Waals surface area contributed by atoms with Gasteiger partial charge < -0.3 is 10.1 Å². The number of carboxylic acids is 1. The molecule has 0 radical (unpaired) electrons. The summed E-state index contributed by atoms with van der Waals surface area (Å²) in [5.41, 5.74) is 2.42. The van der Waals surface area contributed by atoms with E-state index in [2.05, 4.69) is 9.97 Å². The molecule has 0 amide bonds. The van der Waals surface area contributed by atoms with Crippen LogP contribution in [0.5, 0.6) is 0 Å². The van der Waals surface area contributed by atoms with Gasteiger partial charge in [-0.1, -0.05) is 19.1 Å². The number of benzene rings is 1. The highest BCUT2D eigenvalue weighted by atomic mass is 16.4. The number of hydrogen-bond acceptors (Lipinski definition) is 4. The third kappa shape index (κ3) is 3.34. The highest BCUT2D eigenvalue weighted by Crippen LogP contribution is 2.30. The number of pyridine rings is 1. The fraction of sp³-hybridized carbons (Fsp3) is 0.304. The molecule has 3 aromatic heterocycles. The van der Waals surface area contributed by atoms with Gasteiger partial charge in [0.25, 0.3) is 5.56 Å². The molecule has 0 aliphatic carbocycles. The van der Waals surface area contributed by atoms with Crippen molar-refractivity contribution in [2.24, 2.45) is 0 Å². The number of aromatic amines is 1. The summed E-state index contributed by atoms with van der Waals surface area (Å²) < 4.78 is 2.60. The maximum Gasteiger partial charge on any atom is 0.332 e. The molecular formula is C23H24N4O4. The van der Waals surface area contributed by atoms with Gasteiger partial charge in [0.1, 0.15) is 0 Å². The minimum atomic E-state index is -1.06. The molecule has 0 fully saturated rings. The van der Waals surface area contributed by atoms with Gasteiger partial charge in [-0.3, -0.25) is 18.7 Å². The highest BCUT2D eigenvalue weighted by molar-refractivity contribution is 5.87. The number of fused-ring (bicyclic) bond motifs is 2. The number of nitrogens with zero attached hydrogens (tertiary/aromatic N) is 3. The molecule has 8 heteroatoms. The SMILES string of the molecule is CCC(CC(=O)O)n1c(=O)c2ncccc2n([C@H](C)c2c[nH]c3cccc(C)c23)c1=O. The highest BCUT2D eigenvalue weighted by Gasteiger charge is 2.25. The number of H-pyrrole nitrogens is 1. The van der Waals surface area contributed by atoms with Gasteiger partial charge in [0.15, 0.2) is 5.52 Å². The fourth-order valence-electron chi connectivity index (χ4n) is 4.36. The Bertz CT molecular complexity index is 1410. The van der Waals surface area contributed by atoms with Crippen LogP contribution in [0.25, 0.3) is 21.9 Å². The number of hydrogen-bond donors (Lipinski definition) is 2. The molecule has 4 aromatic rings. The van der Waals surface area contributed by atoms with Gasteiger partial charge in [-0.25, -0.2) is 9.78 Å². The van der Waals surface area contributed by atoms with E-state index in [1.54, 1.807) is 23.6 Å². The summed E-state index contributed by atoms with van der Waals surface area (Å²) >= 11 is 0. The van der Waals surface area contributed by atoms with Gasteiger partial charge in [0.05, 0.1) is 24.0 Å². The minimum absolute atomic E-state index is 0.148. The molecule has 0 aliphatic rings. The molecule has 31 heavy (non-hydrogen) atoms. The number of aliphatic carboxylic acids is 1. The monoisotopic (exact) mass is 420 g/mol. The summed E-state index contributed by atoms with van der Waals surface area (Å²) in [6.07, 6.45) is 3.40. The summed E-state index contributed by atoms with van der Waals surface area (Å²) in [6, 6.07) is 8.16. The van der Waals surface area contributed by atoms with E-state index in [0.29, 0.717) is 11.9 Å². The lowest BCUT2D eigenvalue weighted by Gasteiger charge is -2.22. The quantitative estimate of drug-likeness (QED) is 0.497. The Morgan fingerprint density at radius 2 is 1.97 bits per heavy atom. The zero-order valence-electron chi connectivity index (χ0n) is 17.6. The molecular weight excluding hydrogens is 396 g/mol. The van der Waals surface area contributed by atoms with Crippen molar-refractivity contribution in [3.05, 3.63) is 74.7 Å². The Kier molecular flexibility index (Phi) is 5.22. The second-order valence-corrected chi connectivity index (χ2v) is 7.78. The van der Waals surface area contributed by atoms with E-state index >= 15 is 0 Å². The summed E-state index contributed by atoms with van der Waals surface area (Å²) in [6.45, 7) is 5.67. The third-order valence-corrected chi connectivity index (χ3v) is 5.91. The molecule has 2 atom stereocenters. The summed E-state index contributed by atoms with van der Waals surface area (Å²) in [5.74, 6) is -1.06. The van der Waals surface area contributed by atoms with Crippen molar-refractivity contribution < 1.29 is 9.90 Å². The van der Waals surface area contributed by atoms with Gasteiger partial charge in [0.2, 0.25) is 0 Å². The van der Waals surface area contributed by atoms with E-state index in [1.165, 1.54) is 6.20 Å². The van der Waals surface area contributed by atoms with Crippen molar-refractivity contribution in [2.75, 3.05) is 0 Å². The lowest BCUT2D eigenvalue weighted by atomic mass is 10.0. The molecule has 2 N–H and O–H groups in total. The van der Waals surface area contributed by atoms with Crippen LogP contribution in [0.15, 0.2) is 52.3 Å². The predicted octanol–water partition coefficient (Wildman–Crippen LogP) is 3.38. The molecule has 3 heterocycles. The van der Waals surface area contributed by atoms with Gasteiger partial charge in [-0.05, 0) is 44.0 Å². The van der Waals surface area contributed by atoms with E-state index in [-0.39, 0.29) is 11.9 Å². The Morgan fingerprint density at radius 3 is 2.68 bits per heavy atom. The van der Waals surface area contributed by atoms with E-state index in [1.807, 2.05) is 38.2 Å². The largest absolute Gasteiger partial charge is 0.481 e. The summed E-state index contributed by atoms with van der Waals surface area (Å²) in [4.78, 5) is 45.6. The lowest BCUT2D eigenvalue weighted by molar-refractivity contribution is -0.138. The normalized spacial score (nSPS) is 13.5. The average molecular weight is 420 g/mol. The van der Waals surface area contributed by atoms with Crippen LogP contribution in [0.3, 0.4) is 0 Å². The molecule has 0 saturated heterocycles. The smallest absolute Gasteiger partial charge is 0.332 e. The second-order valence-electron chi connectivity index (χ2n) is 7.78. The van der Waals surface area contributed by atoms with Crippen molar-refractivity contribution in [1.82, 2.24) is 19.1 Å². The first-order valence-electron chi connectivity index (χ1n) is 10.2. The van der Waals surface area contributed by atoms with Gasteiger partial charge in [0, 0.05) is 28.9 Å². The first-order chi connectivity index (χ1) is 14.8. The molecule has 4 rings (SSSR count). The maximum atomic E-state index is 13.6. The van der Waals surface area contributed by atoms with Crippen LogP contribution in [-0.4, -0.2) is 30.2 Å². The van der Waals surface area contributed by atoms with Gasteiger partial charge in [-0.2, -0.15) is 0 Å². The minimum Gasteiger partial charge on any atom is -0.481 e. The topological polar surface area (TPSA) is 110 Å². The molecule has 160 valence electrons. The molecule has 0 bridgehead atoms. The van der Waals surface area contributed by atoms with E-state index in [0.717, 1.165) is 26.6 Å². The van der Waals surface area contributed by atoms with Crippen molar-refractivity contribution in [3.63, 3.8) is 0 Å². The molecule has 0 aliphatic heterocycles. The third-order valence-electron chi connectivity index (χ3n) is 5.91. The first-order valence-corrected chi connectivity index (χ1v) is 10.2. The Morgan fingerprint density at radius 1 is 1.19 bits per heavy atom. The fourth-order valence-corrected chi connectivity index (χ4v) is 4.36. The lowest BCUT2D eigenvalue weighted by Crippen LogP contribution is -2.44. The Hall–Kier alpha value is -3.68. The van der Waals surface area contributed by atoms with E-state index in [4.69, 9.17) is 0 Å². The standard InChI is InChI=1S/C23H24N4O4/c1-4-15(11-19(28)29)27-22(30)21-18(9-6-10-24-21)26(23(27)31)14(3)16-12-25-17-8-5-7-13(2)20(16)17/h5-10,12,14-15,25H,4,11H2,1-3H3,(H,28,29)/t14-,15?/m1/s1. The summed E-state index contributed by atoms with van der Waals surface area (Å²) in [7, 11) is 0. The molecule has 1 unspecified atom stereocenters. The average Bonchev–Trinajstić information content (AvgIpc) is 3.18. The Labute approximate surface area is 177 Å². The molecule has 0 saturated carbocycles. The zero-order valence-corrected chi connectivity index (χ0v) is 17.6. The Balaban J connectivity index is 2.04. The number of carboxylic acid groups (broad SMARTS) is 1. The van der Waals surface area contributed by atoms with Crippen molar-refractivity contribution >= 4 is 27.9 Å². The number of aryl methyl sites for hydroxylation is 1. The first kappa shape index (κ1) is 20.6. The van der Waals surface area contributed by atoms with Crippen molar-refractivity contribution in [3.8, 4) is 0 Å². The maximum absolute atomic E-state index is 13.6. The van der Waals surface area contributed by atoms with Crippen LogP contribution in [0.4, 0.5) is 0 Å². The van der Waals surface area contributed by atoms with Gasteiger partial charge in [-0.15, -0.1) is 0 Å². The van der Waals surface area contributed by atoms with Crippen LogP contribution >= 0.6 is 0 Å². The van der Waals surface area contributed by atoms with Crippen LogP contribution in [0.2, 0.25) is 0 Å². The van der Waals surface area contributed by atoms with Crippen molar-refractivity contribution in [2.45, 2.75) is 45.7 Å². The van der Waals surface area contributed by atoms with E-state index in [9.17, 15) is 19.5 Å². The molecule has 8 nitrogen and oxygen atoms in total. The van der Waals surface area contributed by atoms with Crippen molar-refractivity contribution in [1.29, 1.82) is 0 Å². The second kappa shape index (κ2) is 7.86. The number of aromatic nitrogens is 4. The van der Waals surface area contributed by atoms with Crippen LogP contribution in [-0.2, 0) is 4.79 Å².